The predicted molar refractivity (Wildman–Crippen MR) is 125 cm³/mol. The summed E-state index contributed by atoms with van der Waals surface area (Å²) in [6.07, 6.45) is 0. The predicted octanol–water partition coefficient (Wildman–Crippen LogP) is 6.64. The van der Waals surface area contributed by atoms with Crippen molar-refractivity contribution in [2.75, 3.05) is 14.2 Å². The van der Waals surface area contributed by atoms with Gasteiger partial charge in [0.25, 0.3) is 0 Å². The molecule has 0 aliphatic heterocycles. The fourth-order valence-corrected chi connectivity index (χ4v) is 4.03. The molecule has 3 aromatic carbocycles. The molecule has 0 atom stereocenters. The first-order valence-electron chi connectivity index (χ1n) is 9.27. The van der Waals surface area contributed by atoms with Gasteiger partial charge in [0.15, 0.2) is 11.5 Å². The Balaban J connectivity index is 1.65. The van der Waals surface area contributed by atoms with E-state index in [4.69, 9.17) is 37.4 Å². The fourth-order valence-electron chi connectivity index (χ4n) is 2.92. The largest absolute Gasteiger partial charge is 0.497 e. The van der Waals surface area contributed by atoms with Gasteiger partial charge in [-0.15, -0.1) is 0 Å². The van der Waals surface area contributed by atoms with Crippen molar-refractivity contribution in [3.63, 3.8) is 0 Å². The molecule has 7 heteroatoms. The Kier molecular flexibility index (Phi) is 8.28. The van der Waals surface area contributed by atoms with Crippen molar-refractivity contribution >= 4 is 39.1 Å². The van der Waals surface area contributed by atoms with Gasteiger partial charge in [0.1, 0.15) is 12.4 Å². The zero-order chi connectivity index (χ0) is 21.5. The van der Waals surface area contributed by atoms with Crippen molar-refractivity contribution in [2.24, 2.45) is 0 Å². The van der Waals surface area contributed by atoms with Gasteiger partial charge < -0.3 is 19.5 Å². The lowest BCUT2D eigenvalue weighted by atomic mass is 10.1. The second kappa shape index (κ2) is 10.9. The second-order valence-electron chi connectivity index (χ2n) is 6.55. The smallest absolute Gasteiger partial charge is 0.175 e. The van der Waals surface area contributed by atoms with Crippen LogP contribution in [0.4, 0.5) is 0 Å². The lowest BCUT2D eigenvalue weighted by Gasteiger charge is -2.16. The summed E-state index contributed by atoms with van der Waals surface area (Å²) in [6.45, 7) is 1.66. The summed E-state index contributed by atoms with van der Waals surface area (Å²) < 4.78 is 17.5. The molecule has 158 valence electrons. The van der Waals surface area contributed by atoms with Gasteiger partial charge in [-0.25, -0.2) is 0 Å². The van der Waals surface area contributed by atoms with E-state index in [0.717, 1.165) is 27.9 Å². The van der Waals surface area contributed by atoms with E-state index >= 15 is 0 Å². The minimum Gasteiger partial charge on any atom is -0.497 e. The fraction of sp³-hybridized carbons (Fsp3) is 0.217. The molecule has 0 aliphatic rings. The Labute approximate surface area is 195 Å². The highest BCUT2D eigenvalue weighted by atomic mass is 79.9. The molecule has 0 unspecified atom stereocenters. The molecule has 0 bridgehead atoms. The Bertz CT molecular complexity index is 976. The molecule has 30 heavy (non-hydrogen) atoms. The van der Waals surface area contributed by atoms with Gasteiger partial charge in [-0.1, -0.05) is 41.4 Å². The molecule has 0 fully saturated rings. The van der Waals surface area contributed by atoms with Gasteiger partial charge >= 0.3 is 0 Å². The van der Waals surface area contributed by atoms with Crippen LogP contribution in [0.3, 0.4) is 0 Å². The van der Waals surface area contributed by atoms with Gasteiger partial charge in [0.2, 0.25) is 0 Å². The lowest BCUT2D eigenvalue weighted by Crippen LogP contribution is -2.13. The minimum absolute atomic E-state index is 0.239. The quantitative estimate of drug-likeness (QED) is 0.350. The standard InChI is InChI=1S/C23H22BrCl2NO3/c1-28-17-8-6-15(7-9-17)12-27-13-16-10-19(24)23(22(11-16)29-2)30-14-18-20(25)4-3-5-21(18)26/h3-11,27H,12-14H2,1-2H3. The minimum atomic E-state index is 0.239. The zero-order valence-electron chi connectivity index (χ0n) is 16.7. The van der Waals surface area contributed by atoms with Gasteiger partial charge in [-0.05, 0) is 63.5 Å². The first-order valence-corrected chi connectivity index (χ1v) is 10.8. The summed E-state index contributed by atoms with van der Waals surface area (Å²) in [5.41, 5.74) is 2.98. The summed E-state index contributed by atoms with van der Waals surface area (Å²) in [6, 6.07) is 17.3. The van der Waals surface area contributed by atoms with Crippen LogP contribution in [0.25, 0.3) is 0 Å². The highest BCUT2D eigenvalue weighted by molar-refractivity contribution is 9.10. The normalized spacial score (nSPS) is 10.7. The third kappa shape index (κ3) is 5.82. The molecular formula is C23H22BrCl2NO3. The Hall–Kier alpha value is -1.92. The van der Waals surface area contributed by atoms with Gasteiger partial charge in [0, 0.05) is 28.7 Å². The summed E-state index contributed by atoms with van der Waals surface area (Å²) in [5, 5.41) is 4.57. The Morgan fingerprint density at radius 3 is 2.17 bits per heavy atom. The van der Waals surface area contributed by atoms with Crippen molar-refractivity contribution in [2.45, 2.75) is 19.7 Å². The number of hydrogen-bond acceptors (Lipinski definition) is 4. The molecule has 3 rings (SSSR count). The number of methoxy groups -OCH3 is 2. The molecule has 0 saturated heterocycles. The van der Waals surface area contributed by atoms with Crippen molar-refractivity contribution in [1.29, 1.82) is 0 Å². The van der Waals surface area contributed by atoms with E-state index in [9.17, 15) is 0 Å². The summed E-state index contributed by atoms with van der Waals surface area (Å²) in [7, 11) is 3.28. The monoisotopic (exact) mass is 509 g/mol. The molecule has 4 nitrogen and oxygen atoms in total. The maximum atomic E-state index is 6.24. The number of rotatable bonds is 9. The van der Waals surface area contributed by atoms with E-state index in [1.54, 1.807) is 32.4 Å². The van der Waals surface area contributed by atoms with Crippen LogP contribution in [-0.4, -0.2) is 14.2 Å². The molecule has 0 radical (unpaired) electrons. The van der Waals surface area contributed by atoms with E-state index in [2.05, 4.69) is 21.2 Å². The van der Waals surface area contributed by atoms with Gasteiger partial charge in [0.05, 0.1) is 18.7 Å². The number of nitrogens with one attached hydrogen (secondary N) is 1. The van der Waals surface area contributed by atoms with Crippen molar-refractivity contribution in [3.8, 4) is 17.2 Å². The highest BCUT2D eigenvalue weighted by Gasteiger charge is 2.14. The summed E-state index contributed by atoms with van der Waals surface area (Å²) >= 11 is 16.1. The molecule has 3 aromatic rings. The average molecular weight is 511 g/mol. The maximum Gasteiger partial charge on any atom is 0.175 e. The second-order valence-corrected chi connectivity index (χ2v) is 8.22. The van der Waals surface area contributed by atoms with Gasteiger partial charge in [-0.3, -0.25) is 0 Å². The number of halogens is 3. The Morgan fingerprint density at radius 1 is 0.867 bits per heavy atom. The van der Waals surface area contributed by atoms with Crippen molar-refractivity contribution < 1.29 is 14.2 Å². The van der Waals surface area contributed by atoms with Crippen LogP contribution in [0.5, 0.6) is 17.2 Å². The molecule has 0 heterocycles. The van der Waals surface area contributed by atoms with Crippen LogP contribution in [0.15, 0.2) is 59.1 Å². The topological polar surface area (TPSA) is 39.7 Å². The molecule has 0 spiro atoms. The molecular weight excluding hydrogens is 489 g/mol. The van der Waals surface area contributed by atoms with Crippen molar-refractivity contribution in [1.82, 2.24) is 5.32 Å². The first-order chi connectivity index (χ1) is 14.5. The number of ether oxygens (including phenoxy) is 3. The Morgan fingerprint density at radius 2 is 1.53 bits per heavy atom. The van der Waals surface area contributed by atoms with E-state index in [-0.39, 0.29) is 6.61 Å². The lowest BCUT2D eigenvalue weighted by molar-refractivity contribution is 0.282. The highest BCUT2D eigenvalue weighted by Crippen LogP contribution is 2.38. The molecule has 1 N–H and O–H groups in total. The molecule has 0 saturated carbocycles. The molecule has 0 amide bonds. The van der Waals surface area contributed by atoms with Crippen LogP contribution in [0.2, 0.25) is 10.0 Å². The zero-order valence-corrected chi connectivity index (χ0v) is 19.8. The van der Waals surface area contributed by atoms with Crippen LogP contribution in [0, 0.1) is 0 Å². The third-order valence-corrected chi connectivity index (χ3v) is 5.83. The van der Waals surface area contributed by atoms with Crippen LogP contribution in [-0.2, 0) is 19.7 Å². The average Bonchev–Trinajstić information content (AvgIpc) is 2.74. The van der Waals surface area contributed by atoms with E-state index in [1.807, 2.05) is 36.4 Å². The van der Waals surface area contributed by atoms with Crippen molar-refractivity contribution in [3.05, 3.63) is 85.8 Å². The van der Waals surface area contributed by atoms with Crippen LogP contribution >= 0.6 is 39.1 Å². The van der Waals surface area contributed by atoms with E-state index in [1.165, 1.54) is 5.56 Å². The first kappa shape index (κ1) is 22.8. The molecule has 0 aliphatic carbocycles. The number of hydrogen-bond donors (Lipinski definition) is 1. The number of benzene rings is 3. The summed E-state index contributed by atoms with van der Waals surface area (Å²) in [4.78, 5) is 0. The van der Waals surface area contributed by atoms with Crippen LogP contribution in [0.1, 0.15) is 16.7 Å². The maximum absolute atomic E-state index is 6.24. The molecule has 0 aromatic heterocycles. The van der Waals surface area contributed by atoms with Crippen LogP contribution < -0.4 is 19.5 Å². The SMILES string of the molecule is COc1ccc(CNCc2cc(Br)c(OCc3c(Cl)cccc3Cl)c(OC)c2)cc1. The third-order valence-electron chi connectivity index (χ3n) is 4.53. The van der Waals surface area contributed by atoms with Gasteiger partial charge in [-0.2, -0.15) is 0 Å². The summed E-state index contributed by atoms with van der Waals surface area (Å²) in [5.74, 6) is 2.09. The van der Waals surface area contributed by atoms with E-state index < -0.39 is 0 Å². The van der Waals surface area contributed by atoms with E-state index in [0.29, 0.717) is 28.1 Å².